The molecule has 3 aromatic rings. The normalized spacial score (nSPS) is 26.9. The highest BCUT2D eigenvalue weighted by Crippen LogP contribution is 2.36. The fourth-order valence-corrected chi connectivity index (χ4v) is 3.97. The second-order valence-electron chi connectivity index (χ2n) is 6.53. The Morgan fingerprint density at radius 2 is 2.09 bits per heavy atom. The number of aromatic nitrogens is 3. The number of rotatable bonds is 2. The molecule has 0 radical (unpaired) electrons. The summed E-state index contributed by atoms with van der Waals surface area (Å²) in [4.78, 5) is 14.0. The van der Waals surface area contributed by atoms with Gasteiger partial charge in [0.05, 0.1) is 29.5 Å². The molecule has 3 aromatic heterocycles. The number of piperidine rings is 3. The Kier molecular flexibility index (Phi) is 2.82. The zero-order valence-corrected chi connectivity index (χ0v) is 12.6. The summed E-state index contributed by atoms with van der Waals surface area (Å²) < 4.78 is 19.9. The van der Waals surface area contributed by atoms with Crippen molar-refractivity contribution in [2.45, 2.75) is 18.9 Å². The van der Waals surface area contributed by atoms with Crippen LogP contribution in [0.2, 0.25) is 0 Å². The second-order valence-corrected chi connectivity index (χ2v) is 6.53. The lowest BCUT2D eigenvalue weighted by Crippen LogP contribution is -2.52. The molecule has 0 unspecified atom stereocenters. The number of hydrogen-bond donors (Lipinski definition) is 1. The first kappa shape index (κ1) is 13.2. The van der Waals surface area contributed by atoms with Crippen LogP contribution in [-0.2, 0) is 0 Å². The van der Waals surface area contributed by atoms with Crippen LogP contribution in [0.15, 0.2) is 24.7 Å². The molecular weight excluding hydrogens is 295 g/mol. The van der Waals surface area contributed by atoms with E-state index in [4.69, 9.17) is 4.74 Å². The van der Waals surface area contributed by atoms with E-state index in [9.17, 15) is 4.39 Å². The largest absolute Gasteiger partial charge is 0.486 e. The van der Waals surface area contributed by atoms with Crippen molar-refractivity contribution in [2.24, 2.45) is 5.92 Å². The molecule has 0 aliphatic carbocycles. The third-order valence-electron chi connectivity index (χ3n) is 5.16. The molecule has 0 amide bonds. The fourth-order valence-electron chi connectivity index (χ4n) is 3.97. The molecule has 23 heavy (non-hydrogen) atoms. The number of aromatic amines is 1. The molecule has 1 N–H and O–H groups in total. The smallest absolute Gasteiger partial charge is 0.148 e. The van der Waals surface area contributed by atoms with Crippen molar-refractivity contribution in [3.05, 3.63) is 30.5 Å². The van der Waals surface area contributed by atoms with Crippen LogP contribution in [0.1, 0.15) is 12.8 Å². The number of nitrogens with one attached hydrogen (secondary N) is 1. The fraction of sp³-hybridized carbons (Fsp3) is 0.412. The van der Waals surface area contributed by atoms with Crippen molar-refractivity contribution >= 4 is 21.9 Å². The molecule has 1 atom stereocenters. The third kappa shape index (κ3) is 2.09. The maximum Gasteiger partial charge on any atom is 0.148 e. The van der Waals surface area contributed by atoms with E-state index in [1.807, 2.05) is 0 Å². The highest BCUT2D eigenvalue weighted by atomic mass is 19.1. The molecule has 0 saturated carbocycles. The summed E-state index contributed by atoms with van der Waals surface area (Å²) in [7, 11) is 0. The first-order valence-corrected chi connectivity index (χ1v) is 8.08. The lowest BCUT2D eigenvalue weighted by atomic mass is 9.86. The van der Waals surface area contributed by atoms with Gasteiger partial charge in [0.15, 0.2) is 0 Å². The molecule has 6 rings (SSSR count). The zero-order chi connectivity index (χ0) is 15.4. The Morgan fingerprint density at radius 3 is 2.87 bits per heavy atom. The molecular formula is C17H17FN4O. The highest BCUT2D eigenvalue weighted by molar-refractivity contribution is 6.08. The van der Waals surface area contributed by atoms with E-state index in [1.54, 1.807) is 12.4 Å². The number of ether oxygens (including phenoxy) is 1. The molecule has 6 heterocycles. The molecule has 3 saturated heterocycles. The zero-order valence-electron chi connectivity index (χ0n) is 12.6. The van der Waals surface area contributed by atoms with Crippen molar-refractivity contribution < 1.29 is 9.13 Å². The van der Waals surface area contributed by atoms with Gasteiger partial charge in [-0.05, 0) is 37.9 Å². The predicted octanol–water partition coefficient (Wildman–Crippen LogP) is 2.72. The molecule has 6 heteroatoms. The number of H-pyrrole nitrogens is 1. The molecule has 3 aliphatic rings. The molecule has 5 nitrogen and oxygen atoms in total. The van der Waals surface area contributed by atoms with Gasteiger partial charge in [0, 0.05) is 11.9 Å². The Balaban J connectivity index is 1.60. The molecule has 3 fully saturated rings. The van der Waals surface area contributed by atoms with E-state index < -0.39 is 0 Å². The Labute approximate surface area is 132 Å². The summed E-state index contributed by atoms with van der Waals surface area (Å²) in [5.74, 6) is 0.985. The molecule has 0 aromatic carbocycles. The highest BCUT2D eigenvalue weighted by Gasteiger charge is 2.35. The van der Waals surface area contributed by atoms with Crippen molar-refractivity contribution in [3.63, 3.8) is 0 Å². The standard InChI is InChI=1S/C17H17FN4O/c18-11-5-12-16-13(21-17(12)20-6-11)7-19-8-14(16)23-15-9-22-3-1-10(15)2-4-22/h5-8,10,15H,1-4,9H2,(H,20,21)/t15-/m1/s1. The summed E-state index contributed by atoms with van der Waals surface area (Å²) in [6, 6.07) is 1.50. The van der Waals surface area contributed by atoms with Crippen LogP contribution in [0.5, 0.6) is 5.75 Å². The molecule has 3 aliphatic heterocycles. The average Bonchev–Trinajstić information content (AvgIpc) is 2.95. The van der Waals surface area contributed by atoms with Crippen LogP contribution in [0.3, 0.4) is 0 Å². The van der Waals surface area contributed by atoms with Gasteiger partial charge >= 0.3 is 0 Å². The van der Waals surface area contributed by atoms with Crippen LogP contribution in [0.4, 0.5) is 4.39 Å². The summed E-state index contributed by atoms with van der Waals surface area (Å²) in [5.41, 5.74) is 1.49. The van der Waals surface area contributed by atoms with Crippen LogP contribution in [-0.4, -0.2) is 45.6 Å². The number of nitrogens with zero attached hydrogens (tertiary/aromatic N) is 3. The van der Waals surface area contributed by atoms with E-state index in [0.29, 0.717) is 11.6 Å². The maximum absolute atomic E-state index is 13.6. The Hall–Kier alpha value is -2.21. The third-order valence-corrected chi connectivity index (χ3v) is 5.16. The minimum Gasteiger partial charge on any atom is -0.486 e. The van der Waals surface area contributed by atoms with E-state index >= 15 is 0 Å². The minimum absolute atomic E-state index is 0.191. The lowest BCUT2D eigenvalue weighted by molar-refractivity contribution is -0.00713. The summed E-state index contributed by atoms with van der Waals surface area (Å²) in [6.45, 7) is 3.32. The Bertz CT molecular complexity index is 885. The Morgan fingerprint density at radius 1 is 1.22 bits per heavy atom. The topological polar surface area (TPSA) is 54.0 Å². The van der Waals surface area contributed by atoms with Gasteiger partial charge in [-0.15, -0.1) is 0 Å². The molecule has 118 valence electrons. The number of pyridine rings is 2. The monoisotopic (exact) mass is 312 g/mol. The summed E-state index contributed by atoms with van der Waals surface area (Å²) in [6.07, 6.45) is 7.27. The predicted molar refractivity (Wildman–Crippen MR) is 84.9 cm³/mol. The number of halogens is 1. The van der Waals surface area contributed by atoms with Crippen molar-refractivity contribution in [3.8, 4) is 5.75 Å². The lowest BCUT2D eigenvalue weighted by Gasteiger charge is -2.44. The van der Waals surface area contributed by atoms with Gasteiger partial charge in [-0.2, -0.15) is 0 Å². The van der Waals surface area contributed by atoms with Gasteiger partial charge in [-0.25, -0.2) is 9.37 Å². The van der Waals surface area contributed by atoms with Crippen molar-refractivity contribution in [2.75, 3.05) is 19.6 Å². The molecule has 0 spiro atoms. The van der Waals surface area contributed by atoms with Crippen molar-refractivity contribution in [1.82, 2.24) is 19.9 Å². The van der Waals surface area contributed by atoms with Crippen molar-refractivity contribution in [1.29, 1.82) is 0 Å². The van der Waals surface area contributed by atoms with Gasteiger partial charge in [0.25, 0.3) is 0 Å². The van der Waals surface area contributed by atoms with E-state index in [1.165, 1.54) is 38.2 Å². The first-order valence-electron chi connectivity index (χ1n) is 8.08. The van der Waals surface area contributed by atoms with Gasteiger partial charge < -0.3 is 9.72 Å². The summed E-state index contributed by atoms with van der Waals surface area (Å²) in [5, 5.41) is 1.62. The van der Waals surface area contributed by atoms with E-state index in [0.717, 1.165) is 28.6 Å². The number of fused-ring (bicyclic) bond motifs is 6. The second kappa shape index (κ2) is 4.89. The van der Waals surface area contributed by atoms with Gasteiger partial charge in [-0.3, -0.25) is 9.88 Å². The van der Waals surface area contributed by atoms with Crippen LogP contribution in [0.25, 0.3) is 21.9 Å². The summed E-state index contributed by atoms with van der Waals surface area (Å²) >= 11 is 0. The maximum atomic E-state index is 13.6. The number of hydrogen-bond acceptors (Lipinski definition) is 4. The average molecular weight is 312 g/mol. The minimum atomic E-state index is -0.344. The van der Waals surface area contributed by atoms with Crippen LogP contribution in [0, 0.1) is 11.7 Å². The van der Waals surface area contributed by atoms with Gasteiger partial charge in [0.2, 0.25) is 0 Å². The van der Waals surface area contributed by atoms with Crippen LogP contribution < -0.4 is 4.74 Å². The van der Waals surface area contributed by atoms with E-state index in [2.05, 4.69) is 19.9 Å². The molecule has 2 bridgehead atoms. The van der Waals surface area contributed by atoms with Gasteiger partial charge in [0.1, 0.15) is 23.3 Å². The van der Waals surface area contributed by atoms with E-state index in [-0.39, 0.29) is 11.9 Å². The van der Waals surface area contributed by atoms with Crippen LogP contribution >= 0.6 is 0 Å². The SMILES string of the molecule is Fc1cnc2[nH]c3cncc(O[C@@H]4CN5CCC4CC5)c3c2c1. The first-order chi connectivity index (χ1) is 11.3. The quantitative estimate of drug-likeness (QED) is 0.790. The van der Waals surface area contributed by atoms with Gasteiger partial charge in [-0.1, -0.05) is 0 Å².